The summed E-state index contributed by atoms with van der Waals surface area (Å²) in [6.07, 6.45) is 7.86. The van der Waals surface area contributed by atoms with Crippen LogP contribution in [0, 0.1) is 5.92 Å². The van der Waals surface area contributed by atoms with E-state index in [0.717, 1.165) is 12.0 Å². The Labute approximate surface area is 182 Å². The number of rotatable bonds is 6. The molecule has 2 aromatic rings. The molecule has 158 valence electrons. The lowest BCUT2D eigenvalue weighted by molar-refractivity contribution is -0.121. The van der Waals surface area contributed by atoms with Crippen molar-refractivity contribution in [2.75, 3.05) is 16.8 Å². The number of hydrogen-bond donors (Lipinski definition) is 1. The molecule has 1 saturated carbocycles. The number of anilines is 2. The van der Waals surface area contributed by atoms with Gasteiger partial charge in [-0.3, -0.25) is 9.59 Å². The van der Waals surface area contributed by atoms with Crippen LogP contribution in [0.3, 0.4) is 0 Å². The number of carbonyl (C=O) groups excluding carboxylic acids is 2. The van der Waals surface area contributed by atoms with E-state index in [1.54, 1.807) is 4.90 Å². The molecule has 0 saturated heterocycles. The van der Waals surface area contributed by atoms with Gasteiger partial charge in [-0.25, -0.2) is 0 Å². The van der Waals surface area contributed by atoms with Crippen LogP contribution in [-0.2, 0) is 16.1 Å². The zero-order chi connectivity index (χ0) is 20.9. The Balaban J connectivity index is 1.43. The van der Waals surface area contributed by atoms with E-state index in [1.807, 2.05) is 42.5 Å². The van der Waals surface area contributed by atoms with E-state index in [9.17, 15) is 9.59 Å². The third-order valence-corrected chi connectivity index (χ3v) is 6.20. The van der Waals surface area contributed by atoms with Crippen molar-refractivity contribution in [3.8, 4) is 5.75 Å². The molecule has 2 aromatic carbocycles. The highest BCUT2D eigenvalue weighted by Crippen LogP contribution is 2.36. The van der Waals surface area contributed by atoms with Crippen LogP contribution in [0.2, 0.25) is 5.02 Å². The van der Waals surface area contributed by atoms with Crippen LogP contribution in [0.4, 0.5) is 11.4 Å². The second-order valence-corrected chi connectivity index (χ2v) is 8.60. The maximum Gasteiger partial charge on any atom is 0.265 e. The molecule has 1 heterocycles. The first-order chi connectivity index (χ1) is 14.6. The molecule has 1 N–H and O–H groups in total. The Kier molecular flexibility index (Phi) is 6.58. The lowest BCUT2D eigenvalue weighted by Crippen LogP contribution is -2.38. The SMILES string of the molecule is O=C(CCC1CCCCC1)Nc1ccc2c(c1)N(Cc1ccc(Cl)cc1)C(=O)CO2. The predicted molar refractivity (Wildman–Crippen MR) is 119 cm³/mol. The molecule has 1 fully saturated rings. The highest BCUT2D eigenvalue weighted by Gasteiger charge is 2.26. The molecule has 0 aromatic heterocycles. The molecule has 5 nitrogen and oxygen atoms in total. The number of nitrogens with zero attached hydrogens (tertiary/aromatic N) is 1. The fourth-order valence-electron chi connectivity index (χ4n) is 4.26. The Bertz CT molecular complexity index is 907. The maximum atomic E-state index is 12.5. The van der Waals surface area contributed by atoms with Gasteiger partial charge in [0.25, 0.3) is 5.91 Å². The fourth-order valence-corrected chi connectivity index (χ4v) is 4.39. The van der Waals surface area contributed by atoms with E-state index in [4.69, 9.17) is 16.3 Å². The Morgan fingerprint density at radius 2 is 1.87 bits per heavy atom. The average Bonchev–Trinajstić information content (AvgIpc) is 2.76. The minimum absolute atomic E-state index is 0.00762. The quantitative estimate of drug-likeness (QED) is 0.657. The molecule has 0 atom stereocenters. The molecule has 6 heteroatoms. The zero-order valence-electron chi connectivity index (χ0n) is 17.0. The summed E-state index contributed by atoms with van der Waals surface area (Å²) in [5, 5.41) is 3.65. The van der Waals surface area contributed by atoms with E-state index in [0.29, 0.717) is 41.0 Å². The van der Waals surface area contributed by atoms with Gasteiger partial charge in [-0.1, -0.05) is 55.8 Å². The molecular formula is C24H27ClN2O3. The molecule has 30 heavy (non-hydrogen) atoms. The van der Waals surface area contributed by atoms with Crippen LogP contribution < -0.4 is 15.0 Å². The molecule has 1 aliphatic heterocycles. The third-order valence-electron chi connectivity index (χ3n) is 5.94. The number of fused-ring (bicyclic) bond motifs is 1. The highest BCUT2D eigenvalue weighted by atomic mass is 35.5. The molecule has 0 bridgehead atoms. The van der Waals surface area contributed by atoms with Gasteiger partial charge >= 0.3 is 0 Å². The first-order valence-electron chi connectivity index (χ1n) is 10.7. The number of amides is 2. The fraction of sp³-hybridized carbons (Fsp3) is 0.417. The van der Waals surface area contributed by atoms with Crippen molar-refractivity contribution in [3.05, 3.63) is 53.1 Å². The zero-order valence-corrected chi connectivity index (χ0v) is 17.8. The van der Waals surface area contributed by atoms with Crippen molar-refractivity contribution in [1.82, 2.24) is 0 Å². The van der Waals surface area contributed by atoms with Crippen LogP contribution in [-0.4, -0.2) is 18.4 Å². The minimum atomic E-state index is -0.113. The molecule has 0 spiro atoms. The van der Waals surface area contributed by atoms with Crippen molar-refractivity contribution in [2.24, 2.45) is 5.92 Å². The predicted octanol–water partition coefficient (Wildman–Crippen LogP) is 5.56. The second kappa shape index (κ2) is 9.52. The summed E-state index contributed by atoms with van der Waals surface area (Å²) in [5.74, 6) is 1.23. The van der Waals surface area contributed by atoms with E-state index in [-0.39, 0.29) is 18.4 Å². The Hall–Kier alpha value is -2.53. The lowest BCUT2D eigenvalue weighted by Gasteiger charge is -2.30. The molecule has 0 radical (unpaired) electrons. The Morgan fingerprint density at radius 1 is 1.10 bits per heavy atom. The summed E-state index contributed by atoms with van der Waals surface area (Å²) in [4.78, 5) is 26.7. The van der Waals surface area contributed by atoms with Crippen LogP contribution >= 0.6 is 11.6 Å². The van der Waals surface area contributed by atoms with Crippen molar-refractivity contribution in [1.29, 1.82) is 0 Å². The summed E-state index contributed by atoms with van der Waals surface area (Å²) in [7, 11) is 0. The number of benzene rings is 2. The summed E-state index contributed by atoms with van der Waals surface area (Å²) in [5.41, 5.74) is 2.33. The van der Waals surface area contributed by atoms with Crippen molar-refractivity contribution in [3.63, 3.8) is 0 Å². The first-order valence-corrected chi connectivity index (χ1v) is 11.1. The van der Waals surface area contributed by atoms with E-state index in [2.05, 4.69) is 5.32 Å². The number of nitrogens with one attached hydrogen (secondary N) is 1. The number of carbonyl (C=O) groups is 2. The molecule has 4 rings (SSSR count). The van der Waals surface area contributed by atoms with Gasteiger partial charge in [0.1, 0.15) is 5.75 Å². The maximum absolute atomic E-state index is 12.5. The van der Waals surface area contributed by atoms with Gasteiger partial charge < -0.3 is 15.0 Å². The van der Waals surface area contributed by atoms with E-state index in [1.165, 1.54) is 32.1 Å². The minimum Gasteiger partial charge on any atom is -0.482 e. The average molecular weight is 427 g/mol. The largest absolute Gasteiger partial charge is 0.482 e. The van der Waals surface area contributed by atoms with Crippen LogP contribution in [0.15, 0.2) is 42.5 Å². The molecule has 2 amide bonds. The molecule has 0 unspecified atom stereocenters. The van der Waals surface area contributed by atoms with Gasteiger partial charge in [-0.2, -0.15) is 0 Å². The van der Waals surface area contributed by atoms with Gasteiger partial charge in [-0.15, -0.1) is 0 Å². The van der Waals surface area contributed by atoms with E-state index >= 15 is 0 Å². The monoisotopic (exact) mass is 426 g/mol. The summed E-state index contributed by atoms with van der Waals surface area (Å²) in [6.45, 7) is 0.430. The highest BCUT2D eigenvalue weighted by molar-refractivity contribution is 6.30. The normalized spacial score (nSPS) is 16.7. The van der Waals surface area contributed by atoms with Crippen LogP contribution in [0.1, 0.15) is 50.5 Å². The summed E-state index contributed by atoms with van der Waals surface area (Å²) >= 11 is 5.97. The van der Waals surface area contributed by atoms with Crippen molar-refractivity contribution < 1.29 is 14.3 Å². The molecular weight excluding hydrogens is 400 g/mol. The standard InChI is InChI=1S/C24H27ClN2O3/c25-19-9-6-18(7-10-19)15-27-21-14-20(11-12-22(21)30-16-24(27)29)26-23(28)13-8-17-4-2-1-3-5-17/h6-7,9-12,14,17H,1-5,8,13,15-16H2,(H,26,28). The number of halogens is 1. The topological polar surface area (TPSA) is 58.6 Å². The molecule has 2 aliphatic rings. The van der Waals surface area contributed by atoms with Gasteiger partial charge in [0.2, 0.25) is 5.91 Å². The smallest absolute Gasteiger partial charge is 0.265 e. The third kappa shape index (κ3) is 5.14. The van der Waals surface area contributed by atoms with Crippen molar-refractivity contribution in [2.45, 2.75) is 51.5 Å². The molecule has 1 aliphatic carbocycles. The summed E-state index contributed by atoms with van der Waals surface area (Å²) < 4.78 is 5.58. The van der Waals surface area contributed by atoms with Gasteiger partial charge in [0.15, 0.2) is 6.61 Å². The Morgan fingerprint density at radius 3 is 2.63 bits per heavy atom. The van der Waals surface area contributed by atoms with Crippen LogP contribution in [0.25, 0.3) is 0 Å². The number of ether oxygens (including phenoxy) is 1. The lowest BCUT2D eigenvalue weighted by atomic mass is 9.86. The summed E-state index contributed by atoms with van der Waals surface area (Å²) in [6, 6.07) is 12.9. The van der Waals surface area contributed by atoms with Gasteiger partial charge in [0, 0.05) is 17.1 Å². The second-order valence-electron chi connectivity index (χ2n) is 8.17. The van der Waals surface area contributed by atoms with Crippen LogP contribution in [0.5, 0.6) is 5.75 Å². The number of hydrogen-bond acceptors (Lipinski definition) is 3. The van der Waals surface area contributed by atoms with Gasteiger partial charge in [0.05, 0.1) is 12.2 Å². The van der Waals surface area contributed by atoms with Gasteiger partial charge in [-0.05, 0) is 48.2 Å². The van der Waals surface area contributed by atoms with E-state index < -0.39 is 0 Å². The van der Waals surface area contributed by atoms with Crippen molar-refractivity contribution >= 4 is 34.8 Å². The first kappa shape index (κ1) is 20.7.